The highest BCUT2D eigenvalue weighted by atomic mass is 16.1. The van der Waals surface area contributed by atoms with Crippen LogP contribution in [0.4, 0.5) is 5.69 Å². The smallest absolute Gasteiger partial charge is 0.257 e. The first-order valence-electron chi connectivity index (χ1n) is 9.66. The lowest BCUT2D eigenvalue weighted by Crippen LogP contribution is -2.43. The normalized spacial score (nSPS) is 16.8. The van der Waals surface area contributed by atoms with E-state index >= 15 is 0 Å². The van der Waals surface area contributed by atoms with Crippen LogP contribution in [0.3, 0.4) is 0 Å². The molecule has 3 heterocycles. The fourth-order valence-corrected chi connectivity index (χ4v) is 3.77. The number of anilines is 1. The molecule has 0 radical (unpaired) electrons. The first-order chi connectivity index (χ1) is 14.2. The van der Waals surface area contributed by atoms with Crippen molar-refractivity contribution >= 4 is 34.3 Å². The van der Waals surface area contributed by atoms with Gasteiger partial charge in [0.25, 0.3) is 5.91 Å². The zero-order chi connectivity index (χ0) is 19.8. The molecule has 0 spiro atoms. The Kier molecular flexibility index (Phi) is 4.49. The molecule has 0 bridgehead atoms. The minimum atomic E-state index is -0.213. The zero-order valence-corrected chi connectivity index (χ0v) is 16.2. The maximum Gasteiger partial charge on any atom is 0.257 e. The summed E-state index contributed by atoms with van der Waals surface area (Å²) in [6, 6.07) is 8.03. The molecule has 8 heteroatoms. The van der Waals surface area contributed by atoms with Crippen LogP contribution in [0.15, 0.2) is 36.9 Å². The summed E-state index contributed by atoms with van der Waals surface area (Å²) in [6.07, 6.45) is 4.62. The predicted octanol–water partition coefficient (Wildman–Crippen LogP) is 1.66. The van der Waals surface area contributed by atoms with Gasteiger partial charge in [0.1, 0.15) is 12.7 Å². The van der Waals surface area contributed by atoms with Crippen LogP contribution in [0.25, 0.3) is 22.7 Å². The Morgan fingerprint density at radius 2 is 1.72 bits per heavy atom. The second-order valence-corrected chi connectivity index (χ2v) is 7.47. The van der Waals surface area contributed by atoms with E-state index in [1.54, 1.807) is 6.08 Å². The minimum Gasteiger partial charge on any atom is -0.322 e. The van der Waals surface area contributed by atoms with Crippen LogP contribution < -0.4 is 5.32 Å². The number of rotatable bonds is 4. The highest BCUT2D eigenvalue weighted by Gasteiger charge is 2.25. The monoisotopic (exact) mass is 387 g/mol. The Labute approximate surface area is 168 Å². The van der Waals surface area contributed by atoms with E-state index in [1.807, 2.05) is 12.1 Å². The molecule has 2 aliphatic rings. The topological polar surface area (TPSA) is 87.1 Å². The number of nitrogens with one attached hydrogen (secondary N) is 1. The number of aromatic nitrogens is 4. The number of hydrogen-bond donors (Lipinski definition) is 1. The highest BCUT2D eigenvalue weighted by molar-refractivity contribution is 6.33. The van der Waals surface area contributed by atoms with Gasteiger partial charge in [-0.25, -0.2) is 19.9 Å². The summed E-state index contributed by atoms with van der Waals surface area (Å²) in [7, 11) is 2.16. The molecule has 1 fully saturated rings. The standard InChI is InChI=1S/C21H21N7O/c1-27-6-8-28(9-7-27)11-14-2-4-15(5-3-14)26-21(29)16-10-17-18-19(16)23-13-25-20(18)24-12-22-17/h2-5,10,12-13H,6-9,11H2,1H3,(H,26,29). The van der Waals surface area contributed by atoms with Crippen molar-refractivity contribution in [2.45, 2.75) is 6.54 Å². The SMILES string of the molecule is CN1CCN(Cc2ccc(NC(=O)C3=Cc4ncnc5ncnc3c45)cc2)CC1. The van der Waals surface area contributed by atoms with Gasteiger partial charge >= 0.3 is 0 Å². The molecular formula is C21H21N7O. The summed E-state index contributed by atoms with van der Waals surface area (Å²) in [6.45, 7) is 5.30. The molecule has 5 rings (SSSR count). The lowest BCUT2D eigenvalue weighted by Gasteiger charge is -2.32. The van der Waals surface area contributed by atoms with E-state index in [2.05, 4.69) is 54.2 Å². The van der Waals surface area contributed by atoms with Crippen molar-refractivity contribution < 1.29 is 4.79 Å². The molecule has 1 aliphatic carbocycles. The van der Waals surface area contributed by atoms with Crippen LogP contribution >= 0.6 is 0 Å². The Morgan fingerprint density at radius 3 is 2.48 bits per heavy atom. The van der Waals surface area contributed by atoms with Crippen molar-refractivity contribution in [2.24, 2.45) is 0 Å². The first kappa shape index (κ1) is 17.8. The summed E-state index contributed by atoms with van der Waals surface area (Å²) in [5.74, 6) is -0.213. The summed E-state index contributed by atoms with van der Waals surface area (Å²) in [4.78, 5) is 34.5. The van der Waals surface area contributed by atoms with Crippen LogP contribution in [0.1, 0.15) is 17.0 Å². The molecule has 8 nitrogen and oxygen atoms in total. The van der Waals surface area contributed by atoms with Crippen LogP contribution in [0, 0.1) is 0 Å². The first-order valence-corrected chi connectivity index (χ1v) is 9.66. The molecule has 1 aromatic carbocycles. The molecule has 0 atom stereocenters. The van der Waals surface area contributed by atoms with Gasteiger partial charge in [-0.2, -0.15) is 0 Å². The predicted molar refractivity (Wildman–Crippen MR) is 111 cm³/mol. The molecule has 146 valence electrons. The summed E-state index contributed by atoms with van der Waals surface area (Å²) in [5, 5.41) is 3.69. The number of hydrogen-bond acceptors (Lipinski definition) is 7. The maximum atomic E-state index is 12.9. The lowest BCUT2D eigenvalue weighted by molar-refractivity contribution is -0.111. The lowest BCUT2D eigenvalue weighted by atomic mass is 10.1. The fourth-order valence-electron chi connectivity index (χ4n) is 3.77. The molecule has 1 amide bonds. The van der Waals surface area contributed by atoms with Gasteiger partial charge in [-0.3, -0.25) is 9.69 Å². The third-order valence-corrected chi connectivity index (χ3v) is 5.45. The number of piperazine rings is 1. The zero-order valence-electron chi connectivity index (χ0n) is 16.2. The molecule has 0 saturated carbocycles. The molecule has 2 aromatic heterocycles. The van der Waals surface area contributed by atoms with Crippen molar-refractivity contribution in [2.75, 3.05) is 38.5 Å². The van der Waals surface area contributed by atoms with Gasteiger partial charge in [-0.1, -0.05) is 12.1 Å². The van der Waals surface area contributed by atoms with E-state index in [0.29, 0.717) is 22.6 Å². The van der Waals surface area contributed by atoms with E-state index in [-0.39, 0.29) is 5.91 Å². The Balaban J connectivity index is 1.28. The molecule has 1 saturated heterocycles. The van der Waals surface area contributed by atoms with Gasteiger partial charge in [0.2, 0.25) is 0 Å². The number of likely N-dealkylation sites (N-methyl/N-ethyl adjacent to an activating group) is 1. The van der Waals surface area contributed by atoms with Crippen LogP contribution in [0.2, 0.25) is 0 Å². The number of carbonyl (C=O) groups is 1. The number of amides is 1. The molecule has 1 N–H and O–H groups in total. The quantitative estimate of drug-likeness (QED) is 0.728. The maximum absolute atomic E-state index is 12.9. The molecule has 0 unspecified atom stereocenters. The summed E-state index contributed by atoms with van der Waals surface area (Å²) in [5.41, 5.74) is 4.29. The Bertz CT molecular complexity index is 1100. The van der Waals surface area contributed by atoms with Crippen molar-refractivity contribution in [3.8, 4) is 0 Å². The highest BCUT2D eigenvalue weighted by Crippen LogP contribution is 2.32. The van der Waals surface area contributed by atoms with Gasteiger partial charge in [0.05, 0.1) is 22.3 Å². The van der Waals surface area contributed by atoms with E-state index in [0.717, 1.165) is 43.8 Å². The average molecular weight is 387 g/mol. The second kappa shape index (κ2) is 7.31. The minimum absolute atomic E-state index is 0.213. The van der Waals surface area contributed by atoms with Gasteiger partial charge in [-0.05, 0) is 30.8 Å². The summed E-state index contributed by atoms with van der Waals surface area (Å²) < 4.78 is 0. The average Bonchev–Trinajstić information content (AvgIpc) is 3.12. The van der Waals surface area contributed by atoms with Crippen molar-refractivity contribution in [1.29, 1.82) is 0 Å². The summed E-state index contributed by atoms with van der Waals surface area (Å²) >= 11 is 0. The van der Waals surface area contributed by atoms with Gasteiger partial charge in [0.15, 0.2) is 5.65 Å². The van der Waals surface area contributed by atoms with Gasteiger partial charge in [-0.15, -0.1) is 0 Å². The molecular weight excluding hydrogens is 366 g/mol. The van der Waals surface area contributed by atoms with E-state index in [4.69, 9.17) is 0 Å². The van der Waals surface area contributed by atoms with Gasteiger partial charge in [0, 0.05) is 38.4 Å². The number of carbonyl (C=O) groups excluding carboxylic acids is 1. The van der Waals surface area contributed by atoms with Crippen LogP contribution in [-0.4, -0.2) is 68.9 Å². The largest absolute Gasteiger partial charge is 0.322 e. The van der Waals surface area contributed by atoms with Crippen LogP contribution in [-0.2, 0) is 11.3 Å². The molecule has 29 heavy (non-hydrogen) atoms. The van der Waals surface area contributed by atoms with Crippen molar-refractivity contribution in [3.63, 3.8) is 0 Å². The van der Waals surface area contributed by atoms with E-state index < -0.39 is 0 Å². The molecule has 3 aromatic rings. The van der Waals surface area contributed by atoms with Gasteiger partial charge < -0.3 is 10.2 Å². The Morgan fingerprint density at radius 1 is 1.00 bits per heavy atom. The molecule has 1 aliphatic heterocycles. The third-order valence-electron chi connectivity index (χ3n) is 5.45. The van der Waals surface area contributed by atoms with Crippen molar-refractivity contribution in [1.82, 2.24) is 29.7 Å². The second-order valence-electron chi connectivity index (χ2n) is 7.47. The fraction of sp³-hybridized carbons (Fsp3) is 0.286. The third kappa shape index (κ3) is 3.48. The Hall–Kier alpha value is -3.23. The number of benzene rings is 1. The van der Waals surface area contributed by atoms with E-state index in [1.165, 1.54) is 18.2 Å². The van der Waals surface area contributed by atoms with E-state index in [9.17, 15) is 4.79 Å². The van der Waals surface area contributed by atoms with Crippen molar-refractivity contribution in [3.05, 3.63) is 53.9 Å². The number of nitrogens with zero attached hydrogens (tertiary/aromatic N) is 6. The van der Waals surface area contributed by atoms with Crippen LogP contribution in [0.5, 0.6) is 0 Å².